The molecule has 0 N–H and O–H groups in total. The second kappa shape index (κ2) is 7.24. The lowest BCUT2D eigenvalue weighted by molar-refractivity contribution is 0.0754. The summed E-state index contributed by atoms with van der Waals surface area (Å²) < 4.78 is 7.27. The minimum Gasteiger partial charge on any atom is -0.497 e. The quantitative estimate of drug-likeness (QED) is 0.705. The molecule has 1 saturated heterocycles. The average Bonchev–Trinajstić information content (AvgIpc) is 2.97. The second-order valence-electron chi connectivity index (χ2n) is 6.98. The van der Waals surface area contributed by atoms with Gasteiger partial charge in [0.1, 0.15) is 5.75 Å². The van der Waals surface area contributed by atoms with Gasteiger partial charge in [0.05, 0.1) is 12.7 Å². The lowest BCUT2D eigenvalue weighted by Crippen LogP contribution is -2.33. The maximum Gasteiger partial charge on any atom is 0.255 e. The molecule has 1 aromatic carbocycles. The fourth-order valence-electron chi connectivity index (χ4n) is 3.83. The molecule has 1 atom stereocenters. The van der Waals surface area contributed by atoms with Gasteiger partial charge in [-0.15, -0.1) is 0 Å². The maximum absolute atomic E-state index is 13.1. The molecule has 1 amide bonds. The van der Waals surface area contributed by atoms with Crippen LogP contribution in [0.25, 0.3) is 5.52 Å². The number of rotatable bonds is 3. The molecule has 0 radical (unpaired) electrons. The first-order chi connectivity index (χ1) is 12.7. The Kier molecular flexibility index (Phi) is 4.65. The average molecular weight is 348 g/mol. The number of ether oxygens (including phenoxy) is 1. The molecular weight excluding hydrogens is 324 g/mol. The van der Waals surface area contributed by atoms with Crippen molar-refractivity contribution in [3.05, 3.63) is 72.1 Å². The molecule has 0 unspecified atom stereocenters. The lowest BCUT2D eigenvalue weighted by atomic mass is 9.94. The molecule has 1 aliphatic heterocycles. The highest BCUT2D eigenvalue weighted by atomic mass is 16.5. The van der Waals surface area contributed by atoms with Gasteiger partial charge in [-0.1, -0.05) is 24.6 Å². The van der Waals surface area contributed by atoms with Crippen molar-refractivity contribution in [3.8, 4) is 5.75 Å². The van der Waals surface area contributed by atoms with E-state index in [1.165, 1.54) is 5.56 Å². The highest BCUT2D eigenvalue weighted by Gasteiger charge is 2.24. The van der Waals surface area contributed by atoms with Crippen molar-refractivity contribution in [1.82, 2.24) is 9.30 Å². The molecule has 26 heavy (non-hydrogen) atoms. The van der Waals surface area contributed by atoms with Crippen LogP contribution in [0.5, 0.6) is 5.75 Å². The number of pyridine rings is 1. The number of carbonyl (C=O) groups is 1. The van der Waals surface area contributed by atoms with Gasteiger partial charge in [-0.25, -0.2) is 0 Å². The minimum absolute atomic E-state index is 0.133. The number of hydrogen-bond donors (Lipinski definition) is 0. The largest absolute Gasteiger partial charge is 0.497 e. The van der Waals surface area contributed by atoms with Gasteiger partial charge in [0.15, 0.2) is 0 Å². The summed E-state index contributed by atoms with van der Waals surface area (Å²) in [6.07, 6.45) is 7.25. The normalized spacial score (nSPS) is 17.9. The van der Waals surface area contributed by atoms with Crippen LogP contribution in [0.4, 0.5) is 0 Å². The zero-order valence-corrected chi connectivity index (χ0v) is 15.1. The van der Waals surface area contributed by atoms with Crippen LogP contribution in [0.15, 0.2) is 60.9 Å². The van der Waals surface area contributed by atoms with Gasteiger partial charge in [0.2, 0.25) is 0 Å². The Hall–Kier alpha value is -2.75. The van der Waals surface area contributed by atoms with Crippen LogP contribution in [0.3, 0.4) is 0 Å². The van der Waals surface area contributed by atoms with Crippen molar-refractivity contribution in [3.63, 3.8) is 0 Å². The summed E-state index contributed by atoms with van der Waals surface area (Å²) in [5.74, 6) is 1.38. The third-order valence-electron chi connectivity index (χ3n) is 5.30. The van der Waals surface area contributed by atoms with E-state index in [1.807, 2.05) is 58.1 Å². The molecule has 4 heteroatoms. The molecule has 4 rings (SSSR count). The zero-order chi connectivity index (χ0) is 17.9. The third-order valence-corrected chi connectivity index (χ3v) is 5.30. The smallest absolute Gasteiger partial charge is 0.255 e. The van der Waals surface area contributed by atoms with Gasteiger partial charge in [-0.05, 0) is 48.7 Å². The van der Waals surface area contributed by atoms with E-state index < -0.39 is 0 Å². The summed E-state index contributed by atoms with van der Waals surface area (Å²) in [5.41, 5.74) is 3.11. The predicted octanol–water partition coefficient (Wildman–Crippen LogP) is 4.36. The molecule has 0 saturated carbocycles. The summed E-state index contributed by atoms with van der Waals surface area (Å²) in [6.45, 7) is 1.61. The molecule has 1 aliphatic rings. The first-order valence-electron chi connectivity index (χ1n) is 9.24. The maximum atomic E-state index is 13.1. The van der Waals surface area contributed by atoms with E-state index in [-0.39, 0.29) is 5.91 Å². The van der Waals surface area contributed by atoms with Crippen LogP contribution in [0.2, 0.25) is 0 Å². The molecule has 3 aromatic rings. The fraction of sp³-hybridized carbons (Fsp3) is 0.318. The number of fused-ring (bicyclic) bond motifs is 1. The van der Waals surface area contributed by atoms with Gasteiger partial charge >= 0.3 is 0 Å². The van der Waals surface area contributed by atoms with Crippen molar-refractivity contribution in [2.75, 3.05) is 20.2 Å². The number of hydrogen-bond acceptors (Lipinski definition) is 2. The standard InChI is InChI=1S/C22H24N2O2/c1-26-21-10-8-17(9-11-21)18-6-2-4-13-24(15-18)22(25)19-14-20-7-3-5-12-23(20)16-19/h3,5,7-12,14,16,18H,2,4,6,13,15H2,1H3/t18-/m0/s1. The van der Waals surface area contributed by atoms with Gasteiger partial charge in [0, 0.05) is 36.9 Å². The van der Waals surface area contributed by atoms with Crippen LogP contribution < -0.4 is 4.74 Å². The summed E-state index contributed by atoms with van der Waals surface area (Å²) in [4.78, 5) is 15.1. The van der Waals surface area contributed by atoms with E-state index in [0.29, 0.717) is 5.92 Å². The topological polar surface area (TPSA) is 34.0 Å². The molecule has 3 heterocycles. The first-order valence-corrected chi connectivity index (χ1v) is 9.24. The van der Waals surface area contributed by atoms with E-state index in [2.05, 4.69) is 12.1 Å². The van der Waals surface area contributed by atoms with Gasteiger partial charge in [-0.3, -0.25) is 4.79 Å². The Bertz CT molecular complexity index is 865. The molecule has 0 aliphatic carbocycles. The van der Waals surface area contributed by atoms with Crippen LogP contribution in [-0.4, -0.2) is 35.4 Å². The molecule has 0 spiro atoms. The molecular formula is C22H24N2O2. The number of nitrogens with zero attached hydrogens (tertiary/aromatic N) is 2. The molecule has 1 fully saturated rings. The van der Waals surface area contributed by atoms with Crippen molar-refractivity contribution >= 4 is 11.4 Å². The highest BCUT2D eigenvalue weighted by Crippen LogP contribution is 2.28. The summed E-state index contributed by atoms with van der Waals surface area (Å²) in [6, 6.07) is 16.3. The number of likely N-dealkylation sites (tertiary alicyclic amines) is 1. The van der Waals surface area contributed by atoms with Crippen molar-refractivity contribution in [2.45, 2.75) is 25.2 Å². The van der Waals surface area contributed by atoms with Crippen LogP contribution in [0.1, 0.15) is 41.1 Å². The Morgan fingerprint density at radius 1 is 1.12 bits per heavy atom. The fourth-order valence-corrected chi connectivity index (χ4v) is 3.83. The second-order valence-corrected chi connectivity index (χ2v) is 6.98. The van der Waals surface area contributed by atoms with E-state index >= 15 is 0 Å². The van der Waals surface area contributed by atoms with Crippen LogP contribution in [0, 0.1) is 0 Å². The number of benzene rings is 1. The molecule has 134 valence electrons. The lowest BCUT2D eigenvalue weighted by Gasteiger charge is -2.24. The zero-order valence-electron chi connectivity index (χ0n) is 15.1. The Morgan fingerprint density at radius 3 is 2.73 bits per heavy atom. The monoisotopic (exact) mass is 348 g/mol. The van der Waals surface area contributed by atoms with Crippen molar-refractivity contribution < 1.29 is 9.53 Å². The van der Waals surface area contributed by atoms with Gasteiger partial charge < -0.3 is 14.0 Å². The molecule has 0 bridgehead atoms. The van der Waals surface area contributed by atoms with Crippen LogP contribution in [-0.2, 0) is 0 Å². The van der Waals surface area contributed by atoms with Gasteiger partial charge in [0.25, 0.3) is 5.91 Å². The predicted molar refractivity (Wildman–Crippen MR) is 103 cm³/mol. The Morgan fingerprint density at radius 2 is 1.96 bits per heavy atom. The van der Waals surface area contributed by atoms with Gasteiger partial charge in [-0.2, -0.15) is 0 Å². The summed E-state index contributed by atoms with van der Waals surface area (Å²) in [5, 5.41) is 0. The minimum atomic E-state index is 0.133. The SMILES string of the molecule is COc1ccc([C@H]2CCCCN(C(=O)c3cc4ccccn4c3)C2)cc1. The number of aromatic nitrogens is 1. The van der Waals surface area contributed by atoms with Crippen molar-refractivity contribution in [1.29, 1.82) is 0 Å². The van der Waals surface area contributed by atoms with Crippen LogP contribution >= 0.6 is 0 Å². The molecule has 2 aromatic heterocycles. The summed E-state index contributed by atoms with van der Waals surface area (Å²) in [7, 11) is 1.68. The third kappa shape index (κ3) is 3.32. The summed E-state index contributed by atoms with van der Waals surface area (Å²) >= 11 is 0. The number of methoxy groups -OCH3 is 1. The number of amides is 1. The molecule has 4 nitrogen and oxygen atoms in total. The number of carbonyl (C=O) groups excluding carboxylic acids is 1. The Labute approximate surface area is 154 Å². The van der Waals surface area contributed by atoms with E-state index in [1.54, 1.807) is 7.11 Å². The highest BCUT2D eigenvalue weighted by molar-refractivity contribution is 5.95. The van der Waals surface area contributed by atoms with E-state index in [9.17, 15) is 4.79 Å². The van der Waals surface area contributed by atoms with E-state index in [0.717, 1.165) is 49.2 Å². The van der Waals surface area contributed by atoms with E-state index in [4.69, 9.17) is 4.74 Å². The van der Waals surface area contributed by atoms with Crippen molar-refractivity contribution in [2.24, 2.45) is 0 Å². The first kappa shape index (κ1) is 16.7. The Balaban J connectivity index is 1.55.